The molecule has 0 N–H and O–H groups in total. The summed E-state index contributed by atoms with van der Waals surface area (Å²) in [7, 11) is 0. The van der Waals surface area contributed by atoms with Crippen molar-refractivity contribution in [1.29, 1.82) is 0 Å². The molecule has 1 unspecified atom stereocenters. The Bertz CT molecular complexity index is 890. The molecule has 7 nitrogen and oxygen atoms in total. The molecule has 1 atom stereocenters. The van der Waals surface area contributed by atoms with Crippen LogP contribution in [0.3, 0.4) is 0 Å². The number of rotatable bonds is 7. The molecule has 0 aliphatic carbocycles. The number of carbonyl (C=O) groups excluding carboxylic acids is 2. The van der Waals surface area contributed by atoms with Gasteiger partial charge < -0.3 is 19.1 Å². The van der Waals surface area contributed by atoms with Crippen molar-refractivity contribution in [1.82, 2.24) is 4.98 Å². The average molecular weight is 384 g/mol. The highest BCUT2D eigenvalue weighted by Crippen LogP contribution is 2.46. The summed E-state index contributed by atoms with van der Waals surface area (Å²) in [4.78, 5) is 30.9. The number of anilines is 1. The Morgan fingerprint density at radius 2 is 1.96 bits per heavy atom. The van der Waals surface area contributed by atoms with E-state index in [0.29, 0.717) is 17.9 Å². The van der Waals surface area contributed by atoms with Crippen LogP contribution < -0.4 is 9.64 Å². The van der Waals surface area contributed by atoms with Crippen LogP contribution in [0, 0.1) is 0 Å². The summed E-state index contributed by atoms with van der Waals surface area (Å²) in [5.41, 5.74) is 1.89. The molecule has 0 radical (unpaired) electrons. The number of fused-ring (bicyclic) bond motifs is 1. The number of nitrogens with zero attached hydrogens (tertiary/aromatic N) is 2. The molecule has 0 fully saturated rings. The Balaban J connectivity index is 2.22. The maximum absolute atomic E-state index is 12.5. The summed E-state index contributed by atoms with van der Waals surface area (Å²) in [6.07, 6.45) is 1.53. The molecule has 0 saturated carbocycles. The van der Waals surface area contributed by atoms with E-state index in [1.54, 1.807) is 18.2 Å². The van der Waals surface area contributed by atoms with Crippen LogP contribution in [-0.2, 0) is 20.1 Å². The number of hydrogen-bond donors (Lipinski definition) is 0. The number of esters is 2. The Morgan fingerprint density at radius 1 is 1.21 bits per heavy atom. The molecule has 1 aliphatic rings. The summed E-state index contributed by atoms with van der Waals surface area (Å²) in [5, 5.41) is 0. The number of cyclic esters (lactones) is 1. The predicted molar refractivity (Wildman–Crippen MR) is 103 cm³/mol. The largest absolute Gasteiger partial charge is 0.493 e. The van der Waals surface area contributed by atoms with Crippen molar-refractivity contribution in [2.24, 2.45) is 0 Å². The molecule has 148 valence electrons. The van der Waals surface area contributed by atoms with Gasteiger partial charge in [-0.05, 0) is 45.0 Å². The van der Waals surface area contributed by atoms with Gasteiger partial charge in [0.25, 0.3) is 0 Å². The van der Waals surface area contributed by atoms with Gasteiger partial charge in [-0.3, -0.25) is 9.78 Å². The Labute approximate surface area is 164 Å². The molecule has 7 heteroatoms. The third-order valence-electron chi connectivity index (χ3n) is 4.61. The topological polar surface area (TPSA) is 78.0 Å². The summed E-state index contributed by atoms with van der Waals surface area (Å²) >= 11 is 0. The standard InChI is InChI=1S/C21H24N2O5/c1-5-23(6-2)15-10-11-17(18(13-15)26-7-3)21(27-14(4)24)19-16(20(25)28-21)9-8-12-22-19/h8-13H,5-7H2,1-4H3. The van der Waals surface area contributed by atoms with Gasteiger partial charge in [0, 0.05) is 38.0 Å². The second kappa shape index (κ2) is 7.88. The van der Waals surface area contributed by atoms with Crippen LogP contribution >= 0.6 is 0 Å². The van der Waals surface area contributed by atoms with E-state index in [4.69, 9.17) is 14.2 Å². The lowest BCUT2D eigenvalue weighted by Crippen LogP contribution is -2.35. The average Bonchev–Trinajstić information content (AvgIpc) is 2.96. The van der Waals surface area contributed by atoms with Crippen LogP contribution in [0.1, 0.15) is 49.3 Å². The maximum atomic E-state index is 12.5. The minimum absolute atomic E-state index is 0.242. The quantitative estimate of drug-likeness (QED) is 0.678. The lowest BCUT2D eigenvalue weighted by Gasteiger charge is -2.30. The second-order valence-electron chi connectivity index (χ2n) is 6.29. The third kappa shape index (κ3) is 3.28. The molecule has 1 aliphatic heterocycles. The van der Waals surface area contributed by atoms with Gasteiger partial charge in [0.05, 0.1) is 17.7 Å². The van der Waals surface area contributed by atoms with E-state index in [9.17, 15) is 9.59 Å². The Kier molecular flexibility index (Phi) is 5.53. The van der Waals surface area contributed by atoms with Gasteiger partial charge in [-0.15, -0.1) is 0 Å². The van der Waals surface area contributed by atoms with Crippen molar-refractivity contribution < 1.29 is 23.8 Å². The fourth-order valence-corrected chi connectivity index (χ4v) is 3.42. The van der Waals surface area contributed by atoms with Gasteiger partial charge in [0.2, 0.25) is 0 Å². The number of aromatic nitrogens is 1. The van der Waals surface area contributed by atoms with Crippen molar-refractivity contribution in [3.05, 3.63) is 53.3 Å². The first-order valence-corrected chi connectivity index (χ1v) is 9.37. The molecule has 1 aromatic heterocycles. The fourth-order valence-electron chi connectivity index (χ4n) is 3.42. The van der Waals surface area contributed by atoms with E-state index in [-0.39, 0.29) is 11.3 Å². The van der Waals surface area contributed by atoms with Crippen molar-refractivity contribution in [3.63, 3.8) is 0 Å². The van der Waals surface area contributed by atoms with Crippen molar-refractivity contribution in [3.8, 4) is 5.75 Å². The number of pyridine rings is 1. The third-order valence-corrected chi connectivity index (χ3v) is 4.61. The molecular formula is C21H24N2O5. The van der Waals surface area contributed by atoms with Crippen LogP contribution in [-0.4, -0.2) is 36.6 Å². The Morgan fingerprint density at radius 3 is 2.61 bits per heavy atom. The molecular weight excluding hydrogens is 360 g/mol. The van der Waals surface area contributed by atoms with Crippen molar-refractivity contribution >= 4 is 17.6 Å². The SMILES string of the molecule is CCOc1cc(N(CC)CC)ccc1C1(OC(C)=O)OC(=O)c2cccnc21. The van der Waals surface area contributed by atoms with Crippen LogP contribution in [0.25, 0.3) is 0 Å². The highest BCUT2D eigenvalue weighted by Gasteiger charge is 2.53. The molecule has 1 aromatic carbocycles. The van der Waals surface area contributed by atoms with E-state index in [1.165, 1.54) is 13.1 Å². The van der Waals surface area contributed by atoms with Gasteiger partial charge in [-0.1, -0.05) is 0 Å². The zero-order valence-corrected chi connectivity index (χ0v) is 16.5. The molecule has 0 bridgehead atoms. The van der Waals surface area contributed by atoms with Crippen LogP contribution in [0.2, 0.25) is 0 Å². The molecule has 2 heterocycles. The minimum Gasteiger partial charge on any atom is -0.493 e. The highest BCUT2D eigenvalue weighted by atomic mass is 16.7. The lowest BCUT2D eigenvalue weighted by molar-refractivity contribution is -0.192. The van der Waals surface area contributed by atoms with Crippen LogP contribution in [0.15, 0.2) is 36.5 Å². The summed E-state index contributed by atoms with van der Waals surface area (Å²) in [6, 6.07) is 8.76. The van der Waals surface area contributed by atoms with Gasteiger partial charge in [0.15, 0.2) is 0 Å². The minimum atomic E-state index is -1.77. The van der Waals surface area contributed by atoms with E-state index in [2.05, 4.69) is 23.7 Å². The van der Waals surface area contributed by atoms with Gasteiger partial charge in [-0.2, -0.15) is 0 Å². The summed E-state index contributed by atoms with van der Waals surface area (Å²) in [6.45, 7) is 9.31. The van der Waals surface area contributed by atoms with E-state index >= 15 is 0 Å². The first-order valence-electron chi connectivity index (χ1n) is 9.37. The monoisotopic (exact) mass is 384 g/mol. The normalized spacial score (nSPS) is 17.6. The molecule has 2 aromatic rings. The van der Waals surface area contributed by atoms with E-state index < -0.39 is 17.7 Å². The van der Waals surface area contributed by atoms with Crippen LogP contribution in [0.5, 0.6) is 5.75 Å². The number of benzene rings is 1. The molecule has 0 amide bonds. The fraction of sp³-hybridized carbons (Fsp3) is 0.381. The lowest BCUT2D eigenvalue weighted by atomic mass is 9.98. The van der Waals surface area contributed by atoms with Gasteiger partial charge >= 0.3 is 17.7 Å². The van der Waals surface area contributed by atoms with E-state index in [1.807, 2.05) is 19.1 Å². The zero-order valence-electron chi connectivity index (χ0n) is 16.5. The molecule has 0 spiro atoms. The molecule has 3 rings (SSSR count). The summed E-state index contributed by atoms with van der Waals surface area (Å²) < 4.78 is 17.1. The first-order chi connectivity index (χ1) is 13.5. The van der Waals surface area contributed by atoms with Gasteiger partial charge in [0.1, 0.15) is 11.4 Å². The van der Waals surface area contributed by atoms with Crippen LogP contribution in [0.4, 0.5) is 5.69 Å². The predicted octanol–water partition coefficient (Wildman–Crippen LogP) is 3.26. The molecule has 0 saturated heterocycles. The number of ether oxygens (including phenoxy) is 3. The second-order valence-corrected chi connectivity index (χ2v) is 6.29. The van der Waals surface area contributed by atoms with E-state index in [0.717, 1.165) is 18.8 Å². The molecule has 28 heavy (non-hydrogen) atoms. The highest BCUT2D eigenvalue weighted by molar-refractivity contribution is 5.95. The Hall–Kier alpha value is -3.09. The zero-order chi connectivity index (χ0) is 20.3. The smallest absolute Gasteiger partial charge is 0.344 e. The first kappa shape index (κ1) is 19.7. The maximum Gasteiger partial charge on any atom is 0.344 e. The van der Waals surface area contributed by atoms with Gasteiger partial charge in [-0.25, -0.2) is 4.79 Å². The van der Waals surface area contributed by atoms with Crippen molar-refractivity contribution in [2.75, 3.05) is 24.6 Å². The number of hydrogen-bond acceptors (Lipinski definition) is 7. The van der Waals surface area contributed by atoms with Crippen molar-refractivity contribution in [2.45, 2.75) is 33.5 Å². The number of carbonyl (C=O) groups is 2. The summed E-state index contributed by atoms with van der Waals surface area (Å²) in [5.74, 6) is -2.49.